The summed E-state index contributed by atoms with van der Waals surface area (Å²) in [5, 5.41) is 16.2. The average Bonchev–Trinajstić information content (AvgIpc) is 2.22. The van der Waals surface area contributed by atoms with Gasteiger partial charge in [0.05, 0.1) is 0 Å². The molecule has 0 aliphatic heterocycles. The van der Waals surface area contributed by atoms with Crippen molar-refractivity contribution in [3.8, 4) is 0 Å². The molecule has 0 bridgehead atoms. The lowest BCUT2D eigenvalue weighted by atomic mass is 10.3. The normalized spacial score (nSPS) is 9.43. The van der Waals surface area contributed by atoms with E-state index in [1.165, 1.54) is 12.8 Å². The van der Waals surface area contributed by atoms with Crippen molar-refractivity contribution < 1.29 is 14.9 Å². The van der Waals surface area contributed by atoms with Crippen LogP contribution in [0.15, 0.2) is 0 Å². The first-order valence-corrected chi connectivity index (χ1v) is 5.62. The number of hydrogen-bond donors (Lipinski definition) is 2. The van der Waals surface area contributed by atoms with Crippen molar-refractivity contribution in [1.29, 1.82) is 0 Å². The van der Waals surface area contributed by atoms with Crippen molar-refractivity contribution in [3.63, 3.8) is 0 Å². The fourth-order valence-electron chi connectivity index (χ4n) is 0.716. The van der Waals surface area contributed by atoms with E-state index in [1.54, 1.807) is 0 Å². The topological polar surface area (TPSA) is 49.7 Å². The summed E-state index contributed by atoms with van der Waals surface area (Å²) in [5.41, 5.74) is 0. The number of unbranched alkanes of at least 4 members (excludes halogenated alkanes) is 2. The third-order valence-electron chi connectivity index (χ3n) is 1.56. The van der Waals surface area contributed by atoms with Gasteiger partial charge in [0, 0.05) is 26.4 Å². The standard InChI is InChI=1S/C7H16O.C4H10O2/c1-3-5-7-8-6-4-2;5-3-1-2-4-6/h3-7H2,1-2H3;5-6H,1-4H2. The molecule has 0 spiro atoms. The predicted octanol–water partition coefficient (Wildman–Crippen LogP) is 1.96. The number of aliphatic hydroxyl groups is 2. The van der Waals surface area contributed by atoms with Crippen LogP contribution in [0.25, 0.3) is 0 Å². The fraction of sp³-hybridized carbons (Fsp3) is 1.00. The Morgan fingerprint density at radius 2 is 1.36 bits per heavy atom. The molecular formula is C11H26O3. The molecule has 0 aliphatic carbocycles. The number of rotatable bonds is 8. The molecule has 3 heteroatoms. The smallest absolute Gasteiger partial charge is 0.0465 e. The van der Waals surface area contributed by atoms with Gasteiger partial charge in [-0.25, -0.2) is 0 Å². The van der Waals surface area contributed by atoms with Crippen molar-refractivity contribution >= 4 is 0 Å². The lowest BCUT2D eigenvalue weighted by molar-refractivity contribution is 0.132. The molecule has 3 nitrogen and oxygen atoms in total. The van der Waals surface area contributed by atoms with Gasteiger partial charge >= 0.3 is 0 Å². The minimum atomic E-state index is 0.195. The molecule has 0 aromatic rings. The maximum absolute atomic E-state index is 8.09. The SMILES string of the molecule is CCCCOCCC.OCCCCO. The van der Waals surface area contributed by atoms with Gasteiger partial charge < -0.3 is 14.9 Å². The van der Waals surface area contributed by atoms with E-state index in [-0.39, 0.29) is 13.2 Å². The highest BCUT2D eigenvalue weighted by atomic mass is 16.5. The zero-order valence-corrected chi connectivity index (χ0v) is 9.67. The molecule has 0 radical (unpaired) electrons. The van der Waals surface area contributed by atoms with Gasteiger partial charge in [-0.3, -0.25) is 0 Å². The lowest BCUT2D eigenvalue weighted by Crippen LogP contribution is -1.93. The van der Waals surface area contributed by atoms with Gasteiger partial charge in [-0.2, -0.15) is 0 Å². The quantitative estimate of drug-likeness (QED) is 0.597. The Morgan fingerprint density at radius 3 is 1.71 bits per heavy atom. The van der Waals surface area contributed by atoms with Crippen LogP contribution in [0, 0.1) is 0 Å². The van der Waals surface area contributed by atoms with Crippen LogP contribution >= 0.6 is 0 Å². The molecule has 0 saturated heterocycles. The molecule has 88 valence electrons. The van der Waals surface area contributed by atoms with Crippen molar-refractivity contribution in [2.75, 3.05) is 26.4 Å². The Bertz CT molecular complexity index is 66.9. The van der Waals surface area contributed by atoms with Crippen LogP contribution in [0.2, 0.25) is 0 Å². The number of aliphatic hydroxyl groups excluding tert-OH is 2. The predicted molar refractivity (Wildman–Crippen MR) is 59.4 cm³/mol. The molecule has 0 atom stereocenters. The first-order valence-electron chi connectivity index (χ1n) is 5.62. The van der Waals surface area contributed by atoms with Crippen molar-refractivity contribution in [2.45, 2.75) is 46.0 Å². The van der Waals surface area contributed by atoms with E-state index in [9.17, 15) is 0 Å². The molecule has 0 amide bonds. The summed E-state index contributed by atoms with van der Waals surface area (Å²) in [5.74, 6) is 0. The van der Waals surface area contributed by atoms with Gasteiger partial charge in [-0.1, -0.05) is 20.3 Å². The third kappa shape index (κ3) is 22.6. The van der Waals surface area contributed by atoms with E-state index < -0.39 is 0 Å². The van der Waals surface area contributed by atoms with Gasteiger partial charge in [0.15, 0.2) is 0 Å². The van der Waals surface area contributed by atoms with E-state index in [4.69, 9.17) is 14.9 Å². The minimum Gasteiger partial charge on any atom is -0.396 e. The highest BCUT2D eigenvalue weighted by Gasteiger charge is 1.81. The van der Waals surface area contributed by atoms with E-state index >= 15 is 0 Å². The molecule has 0 rings (SSSR count). The van der Waals surface area contributed by atoms with Crippen LogP contribution in [0.5, 0.6) is 0 Å². The van der Waals surface area contributed by atoms with Crippen LogP contribution in [-0.2, 0) is 4.74 Å². The van der Waals surface area contributed by atoms with Crippen LogP contribution in [0.3, 0.4) is 0 Å². The minimum absolute atomic E-state index is 0.195. The summed E-state index contributed by atoms with van der Waals surface area (Å²) in [4.78, 5) is 0. The Kier molecular flexibility index (Phi) is 21.7. The van der Waals surface area contributed by atoms with Crippen LogP contribution in [0.1, 0.15) is 46.0 Å². The molecule has 0 saturated carbocycles. The number of ether oxygens (including phenoxy) is 1. The summed E-state index contributed by atoms with van der Waals surface area (Å²) in [6.45, 7) is 6.58. The van der Waals surface area contributed by atoms with Gasteiger partial charge in [0.25, 0.3) is 0 Å². The van der Waals surface area contributed by atoms with E-state index in [0.29, 0.717) is 0 Å². The largest absolute Gasteiger partial charge is 0.396 e. The Hall–Kier alpha value is -0.120. The first kappa shape index (κ1) is 16.3. The third-order valence-corrected chi connectivity index (χ3v) is 1.56. The van der Waals surface area contributed by atoms with Gasteiger partial charge in [-0.15, -0.1) is 0 Å². The molecular weight excluding hydrogens is 180 g/mol. The van der Waals surface area contributed by atoms with Gasteiger partial charge in [-0.05, 0) is 25.7 Å². The molecule has 0 aliphatic rings. The molecule has 0 unspecified atom stereocenters. The highest BCUT2D eigenvalue weighted by Crippen LogP contribution is 1.88. The zero-order valence-electron chi connectivity index (χ0n) is 9.67. The van der Waals surface area contributed by atoms with Crippen LogP contribution < -0.4 is 0 Å². The Balaban J connectivity index is 0. The molecule has 0 aromatic heterocycles. The summed E-state index contributed by atoms with van der Waals surface area (Å²) in [7, 11) is 0. The first-order chi connectivity index (χ1) is 6.83. The highest BCUT2D eigenvalue weighted by molar-refractivity contribution is 4.31. The maximum atomic E-state index is 8.09. The second kappa shape index (κ2) is 18.6. The molecule has 0 heterocycles. The van der Waals surface area contributed by atoms with Crippen LogP contribution in [-0.4, -0.2) is 36.6 Å². The Morgan fingerprint density at radius 1 is 0.786 bits per heavy atom. The monoisotopic (exact) mass is 206 g/mol. The van der Waals surface area contributed by atoms with Crippen LogP contribution in [0.4, 0.5) is 0 Å². The summed E-state index contributed by atoms with van der Waals surface area (Å²) in [6.07, 6.45) is 5.03. The van der Waals surface area contributed by atoms with Crippen molar-refractivity contribution in [3.05, 3.63) is 0 Å². The fourth-order valence-corrected chi connectivity index (χ4v) is 0.716. The molecule has 0 fully saturated rings. The number of hydrogen-bond acceptors (Lipinski definition) is 3. The molecule has 2 N–H and O–H groups in total. The lowest BCUT2D eigenvalue weighted by Gasteiger charge is -1.97. The van der Waals surface area contributed by atoms with E-state index in [0.717, 1.165) is 32.5 Å². The second-order valence-electron chi connectivity index (χ2n) is 3.12. The molecule has 0 aromatic carbocycles. The van der Waals surface area contributed by atoms with E-state index in [2.05, 4.69) is 13.8 Å². The van der Waals surface area contributed by atoms with Crippen molar-refractivity contribution in [2.24, 2.45) is 0 Å². The van der Waals surface area contributed by atoms with Crippen molar-refractivity contribution in [1.82, 2.24) is 0 Å². The summed E-state index contributed by atoms with van der Waals surface area (Å²) >= 11 is 0. The molecule has 14 heavy (non-hydrogen) atoms. The van der Waals surface area contributed by atoms with Gasteiger partial charge in [0.2, 0.25) is 0 Å². The average molecular weight is 206 g/mol. The maximum Gasteiger partial charge on any atom is 0.0465 e. The second-order valence-corrected chi connectivity index (χ2v) is 3.12. The Labute approximate surface area is 88.1 Å². The zero-order chi connectivity index (χ0) is 11.1. The van der Waals surface area contributed by atoms with Gasteiger partial charge in [0.1, 0.15) is 0 Å². The summed E-state index contributed by atoms with van der Waals surface area (Å²) < 4.78 is 5.22. The van der Waals surface area contributed by atoms with E-state index in [1.807, 2.05) is 0 Å². The summed E-state index contributed by atoms with van der Waals surface area (Å²) in [6, 6.07) is 0.